The van der Waals surface area contributed by atoms with Crippen LogP contribution in [0, 0.1) is 5.92 Å². The average molecular weight is 227 g/mol. The molecule has 0 aromatic carbocycles. The van der Waals surface area contributed by atoms with Crippen LogP contribution in [0.3, 0.4) is 0 Å². The van der Waals surface area contributed by atoms with Crippen LogP contribution < -0.4 is 0 Å². The minimum atomic E-state index is -0.620. The fraction of sp³-hybridized carbons (Fsp3) is 0.917. The summed E-state index contributed by atoms with van der Waals surface area (Å²) in [6, 6.07) is 0. The second kappa shape index (κ2) is 4.82. The molecule has 92 valence electrons. The Labute approximate surface area is 96.6 Å². The van der Waals surface area contributed by atoms with Gasteiger partial charge in [-0.25, -0.2) is 0 Å². The molecule has 1 N–H and O–H groups in total. The highest BCUT2D eigenvalue weighted by atomic mass is 16.5. The number of piperidine rings is 1. The molecule has 0 amide bonds. The number of ether oxygens (including phenoxy) is 1. The summed E-state index contributed by atoms with van der Waals surface area (Å²) in [6.45, 7) is 5.17. The summed E-state index contributed by atoms with van der Waals surface area (Å²) in [7, 11) is 0. The largest absolute Gasteiger partial charge is 0.389 e. The Bertz CT molecular complexity index is 259. The number of likely N-dealkylation sites (tertiary alicyclic amines) is 1. The molecule has 2 fully saturated rings. The molecule has 2 unspecified atom stereocenters. The second-order valence-electron chi connectivity index (χ2n) is 5.34. The average Bonchev–Trinajstić information content (AvgIpc) is 2.68. The predicted octanol–water partition coefficient (Wildman–Crippen LogP) is 0.439. The number of aliphatic hydroxyl groups is 1. The standard InChI is InChI=1S/C12H21NO3/c1-12(15)4-2-5-13(9-12)7-11(14)10-3-6-16-8-10/h10,15H,2-9H2,1H3. The number of hydrogen-bond acceptors (Lipinski definition) is 4. The summed E-state index contributed by atoms with van der Waals surface area (Å²) >= 11 is 0. The summed E-state index contributed by atoms with van der Waals surface area (Å²) in [6.07, 6.45) is 2.68. The van der Waals surface area contributed by atoms with Crippen molar-refractivity contribution in [3.8, 4) is 0 Å². The van der Waals surface area contributed by atoms with Crippen LogP contribution in [0.25, 0.3) is 0 Å². The van der Waals surface area contributed by atoms with Gasteiger partial charge < -0.3 is 9.84 Å². The van der Waals surface area contributed by atoms with Gasteiger partial charge in [0.05, 0.1) is 18.8 Å². The van der Waals surface area contributed by atoms with E-state index in [1.54, 1.807) is 0 Å². The van der Waals surface area contributed by atoms with Crippen LogP contribution in [0.5, 0.6) is 0 Å². The molecular formula is C12H21NO3. The third-order valence-corrected chi connectivity index (χ3v) is 3.52. The predicted molar refractivity (Wildman–Crippen MR) is 60.2 cm³/mol. The van der Waals surface area contributed by atoms with E-state index in [9.17, 15) is 9.90 Å². The monoisotopic (exact) mass is 227 g/mol. The minimum Gasteiger partial charge on any atom is -0.389 e. The maximum absolute atomic E-state index is 11.9. The SMILES string of the molecule is CC1(O)CCCN(CC(=O)C2CCOC2)C1. The first kappa shape index (κ1) is 12.0. The van der Waals surface area contributed by atoms with Crippen molar-refractivity contribution < 1.29 is 14.6 Å². The number of carbonyl (C=O) groups is 1. The summed E-state index contributed by atoms with van der Waals surface area (Å²) in [4.78, 5) is 14.0. The zero-order valence-corrected chi connectivity index (χ0v) is 9.95. The number of carbonyl (C=O) groups excluding carboxylic acids is 1. The topological polar surface area (TPSA) is 49.8 Å². The van der Waals surface area contributed by atoms with Gasteiger partial charge in [-0.05, 0) is 32.7 Å². The molecule has 0 radical (unpaired) electrons. The smallest absolute Gasteiger partial charge is 0.152 e. The molecule has 0 aromatic rings. The maximum atomic E-state index is 11.9. The number of nitrogens with zero attached hydrogens (tertiary/aromatic N) is 1. The van der Waals surface area contributed by atoms with E-state index in [0.717, 1.165) is 25.8 Å². The molecule has 2 atom stereocenters. The normalized spacial score (nSPS) is 36.5. The van der Waals surface area contributed by atoms with E-state index in [-0.39, 0.29) is 11.7 Å². The number of ketones is 1. The number of hydrogen-bond donors (Lipinski definition) is 1. The Kier molecular flexibility index (Phi) is 3.62. The lowest BCUT2D eigenvalue weighted by Gasteiger charge is -2.36. The van der Waals surface area contributed by atoms with E-state index >= 15 is 0 Å². The van der Waals surface area contributed by atoms with Crippen molar-refractivity contribution >= 4 is 5.78 Å². The number of Topliss-reactive ketones (excluding diaryl/α,β-unsaturated/α-hetero) is 1. The van der Waals surface area contributed by atoms with Crippen molar-refractivity contribution in [2.45, 2.75) is 31.8 Å². The molecule has 0 spiro atoms. The lowest BCUT2D eigenvalue weighted by atomic mass is 9.94. The first-order valence-electron chi connectivity index (χ1n) is 6.12. The van der Waals surface area contributed by atoms with Gasteiger partial charge in [-0.2, -0.15) is 0 Å². The number of β-amino-alcohol motifs (C(OH)–C–C–N with tert-alkyl or cyclic N) is 1. The van der Waals surface area contributed by atoms with Crippen molar-refractivity contribution in [2.24, 2.45) is 5.92 Å². The molecule has 2 aliphatic heterocycles. The highest BCUT2D eigenvalue weighted by Crippen LogP contribution is 2.21. The van der Waals surface area contributed by atoms with Crippen molar-refractivity contribution in [1.29, 1.82) is 0 Å². The van der Waals surface area contributed by atoms with Crippen LogP contribution in [0.15, 0.2) is 0 Å². The summed E-state index contributed by atoms with van der Waals surface area (Å²) in [5.74, 6) is 0.363. The van der Waals surface area contributed by atoms with E-state index in [0.29, 0.717) is 26.3 Å². The fourth-order valence-electron chi connectivity index (χ4n) is 2.60. The summed E-state index contributed by atoms with van der Waals surface area (Å²) < 4.78 is 5.22. The Morgan fingerprint density at radius 3 is 3.06 bits per heavy atom. The lowest BCUT2D eigenvalue weighted by Crippen LogP contribution is -2.48. The van der Waals surface area contributed by atoms with Gasteiger partial charge in [0.15, 0.2) is 5.78 Å². The fourth-order valence-corrected chi connectivity index (χ4v) is 2.60. The van der Waals surface area contributed by atoms with Crippen LogP contribution in [-0.2, 0) is 9.53 Å². The molecular weight excluding hydrogens is 206 g/mol. The first-order valence-corrected chi connectivity index (χ1v) is 6.12. The molecule has 16 heavy (non-hydrogen) atoms. The van der Waals surface area contributed by atoms with Crippen molar-refractivity contribution in [3.63, 3.8) is 0 Å². The van der Waals surface area contributed by atoms with Crippen LogP contribution >= 0.6 is 0 Å². The molecule has 0 aromatic heterocycles. The highest BCUT2D eigenvalue weighted by Gasteiger charge is 2.31. The maximum Gasteiger partial charge on any atom is 0.152 e. The molecule has 4 heteroatoms. The Morgan fingerprint density at radius 2 is 2.44 bits per heavy atom. The zero-order valence-electron chi connectivity index (χ0n) is 9.95. The van der Waals surface area contributed by atoms with Gasteiger partial charge in [0.25, 0.3) is 0 Å². The Morgan fingerprint density at radius 1 is 1.62 bits per heavy atom. The van der Waals surface area contributed by atoms with E-state index in [1.807, 2.05) is 6.92 Å². The van der Waals surface area contributed by atoms with Crippen molar-refractivity contribution in [1.82, 2.24) is 4.90 Å². The van der Waals surface area contributed by atoms with Crippen LogP contribution in [-0.4, -0.2) is 54.2 Å². The van der Waals surface area contributed by atoms with Crippen molar-refractivity contribution in [2.75, 3.05) is 32.8 Å². The van der Waals surface area contributed by atoms with Crippen LogP contribution in [0.1, 0.15) is 26.2 Å². The van der Waals surface area contributed by atoms with E-state index in [2.05, 4.69) is 4.90 Å². The molecule has 2 saturated heterocycles. The van der Waals surface area contributed by atoms with Crippen LogP contribution in [0.4, 0.5) is 0 Å². The molecule has 2 aliphatic rings. The molecule has 2 rings (SSSR count). The van der Waals surface area contributed by atoms with Gasteiger partial charge in [-0.1, -0.05) is 0 Å². The van der Waals surface area contributed by atoms with E-state index < -0.39 is 5.60 Å². The minimum absolute atomic E-state index is 0.0897. The molecule has 2 heterocycles. The van der Waals surface area contributed by atoms with Crippen LogP contribution in [0.2, 0.25) is 0 Å². The van der Waals surface area contributed by atoms with Gasteiger partial charge in [-0.3, -0.25) is 9.69 Å². The molecule has 0 bridgehead atoms. The molecule has 0 aliphatic carbocycles. The summed E-state index contributed by atoms with van der Waals surface area (Å²) in [5.41, 5.74) is -0.620. The lowest BCUT2D eigenvalue weighted by molar-refractivity contribution is -0.125. The van der Waals surface area contributed by atoms with Gasteiger partial charge in [-0.15, -0.1) is 0 Å². The Balaban J connectivity index is 1.82. The Hall–Kier alpha value is -0.450. The van der Waals surface area contributed by atoms with Crippen molar-refractivity contribution in [3.05, 3.63) is 0 Å². The van der Waals surface area contributed by atoms with Gasteiger partial charge in [0, 0.05) is 19.1 Å². The van der Waals surface area contributed by atoms with Gasteiger partial charge in [0.2, 0.25) is 0 Å². The second-order valence-corrected chi connectivity index (χ2v) is 5.34. The third kappa shape index (κ3) is 3.03. The quantitative estimate of drug-likeness (QED) is 0.760. The van der Waals surface area contributed by atoms with E-state index in [4.69, 9.17) is 4.74 Å². The van der Waals surface area contributed by atoms with Gasteiger partial charge in [0.1, 0.15) is 0 Å². The highest BCUT2D eigenvalue weighted by molar-refractivity contribution is 5.83. The molecule has 0 saturated carbocycles. The number of rotatable bonds is 3. The molecule has 4 nitrogen and oxygen atoms in total. The first-order chi connectivity index (χ1) is 7.57. The zero-order chi connectivity index (χ0) is 11.6. The summed E-state index contributed by atoms with van der Waals surface area (Å²) in [5, 5.41) is 9.95. The van der Waals surface area contributed by atoms with Gasteiger partial charge >= 0.3 is 0 Å². The van der Waals surface area contributed by atoms with E-state index in [1.165, 1.54) is 0 Å². The third-order valence-electron chi connectivity index (χ3n) is 3.52.